The lowest BCUT2D eigenvalue weighted by molar-refractivity contribution is -0.118. The number of hydrogen-bond donors (Lipinski definition) is 2. The molecule has 3 aromatic carbocycles. The Morgan fingerprint density at radius 1 is 0.829 bits per heavy atom. The molecule has 0 fully saturated rings. The number of amides is 2. The average molecular weight is 493 g/mol. The van der Waals surface area contributed by atoms with Gasteiger partial charge in [-0.3, -0.25) is 9.59 Å². The van der Waals surface area contributed by atoms with Crippen molar-refractivity contribution in [2.45, 2.75) is 43.3 Å². The molecule has 0 aliphatic heterocycles. The third-order valence-electron chi connectivity index (χ3n) is 5.06. The predicted octanol–water partition coefficient (Wildman–Crippen LogP) is 6.39. The van der Waals surface area contributed by atoms with Gasteiger partial charge in [0.15, 0.2) is 6.61 Å². The first-order valence-corrected chi connectivity index (χ1v) is 12.7. The van der Waals surface area contributed by atoms with Crippen molar-refractivity contribution >= 4 is 35.0 Å². The monoisotopic (exact) mass is 492 g/mol. The van der Waals surface area contributed by atoms with E-state index in [-0.39, 0.29) is 23.7 Å². The van der Waals surface area contributed by atoms with Gasteiger partial charge in [0.2, 0.25) is 5.91 Å². The van der Waals surface area contributed by atoms with Crippen molar-refractivity contribution in [2.24, 2.45) is 0 Å². The van der Waals surface area contributed by atoms with E-state index < -0.39 is 0 Å². The topological polar surface area (TPSA) is 76.7 Å². The zero-order chi connectivity index (χ0) is 24.9. The number of hydrogen-bond acceptors (Lipinski definition) is 5. The number of para-hydroxylation sites is 1. The largest absolute Gasteiger partial charge is 0.494 e. The molecular formula is C28H32N2O4S. The second-order valence-corrected chi connectivity index (χ2v) is 9.18. The van der Waals surface area contributed by atoms with E-state index in [0.717, 1.165) is 29.2 Å². The lowest BCUT2D eigenvalue weighted by Gasteiger charge is -2.16. The van der Waals surface area contributed by atoms with Crippen molar-refractivity contribution in [1.29, 1.82) is 0 Å². The smallest absolute Gasteiger partial charge is 0.262 e. The number of carbonyl (C=O) groups is 2. The summed E-state index contributed by atoms with van der Waals surface area (Å²) in [6.45, 7) is 4.72. The van der Waals surface area contributed by atoms with Crippen molar-refractivity contribution in [2.75, 3.05) is 23.8 Å². The second-order valence-electron chi connectivity index (χ2n) is 7.91. The molecule has 3 rings (SSSR count). The Hall–Kier alpha value is -3.45. The standard InChI is InChI=1S/C28H32N2O4S/c1-3-5-18-33-24-16-14-21(15-17-24)30-28(32)26(4-2)35-25-13-9-10-22(19-25)29-27(31)20-34-23-11-7-6-8-12-23/h6-17,19,26H,3-5,18,20H2,1-2H3,(H,29,31)(H,30,32). The van der Waals surface area contributed by atoms with Crippen LogP contribution in [0.2, 0.25) is 0 Å². The third-order valence-corrected chi connectivity index (χ3v) is 6.42. The van der Waals surface area contributed by atoms with Gasteiger partial charge in [-0.05, 0) is 67.4 Å². The quantitative estimate of drug-likeness (QED) is 0.213. The van der Waals surface area contributed by atoms with E-state index in [1.807, 2.05) is 73.7 Å². The van der Waals surface area contributed by atoms with Crippen LogP contribution in [0.5, 0.6) is 11.5 Å². The Labute approximate surface area is 211 Å². The molecule has 0 aromatic heterocycles. The van der Waals surface area contributed by atoms with Crippen LogP contribution in [0.4, 0.5) is 11.4 Å². The fraction of sp³-hybridized carbons (Fsp3) is 0.286. The van der Waals surface area contributed by atoms with Crippen molar-refractivity contribution in [3.8, 4) is 11.5 Å². The molecule has 7 heteroatoms. The van der Waals surface area contributed by atoms with Crippen molar-refractivity contribution in [3.05, 3.63) is 78.9 Å². The fourth-order valence-electron chi connectivity index (χ4n) is 3.19. The first-order chi connectivity index (χ1) is 17.1. The highest BCUT2D eigenvalue weighted by molar-refractivity contribution is 8.00. The van der Waals surface area contributed by atoms with Crippen LogP contribution in [0.25, 0.3) is 0 Å². The fourth-order valence-corrected chi connectivity index (χ4v) is 4.20. The summed E-state index contributed by atoms with van der Waals surface area (Å²) >= 11 is 1.46. The van der Waals surface area contributed by atoms with Gasteiger partial charge in [-0.25, -0.2) is 0 Å². The van der Waals surface area contributed by atoms with Crippen molar-refractivity contribution < 1.29 is 19.1 Å². The molecule has 6 nitrogen and oxygen atoms in total. The number of benzene rings is 3. The van der Waals surface area contributed by atoms with E-state index in [2.05, 4.69) is 17.6 Å². The molecule has 184 valence electrons. The van der Waals surface area contributed by atoms with Gasteiger partial charge in [-0.1, -0.05) is 44.5 Å². The minimum Gasteiger partial charge on any atom is -0.494 e. The van der Waals surface area contributed by atoms with Gasteiger partial charge in [0.1, 0.15) is 11.5 Å². The molecule has 0 saturated carbocycles. The number of nitrogens with one attached hydrogen (secondary N) is 2. The molecule has 3 aromatic rings. The summed E-state index contributed by atoms with van der Waals surface area (Å²) in [5.74, 6) is 1.12. The number of thioether (sulfide) groups is 1. The van der Waals surface area contributed by atoms with Gasteiger partial charge >= 0.3 is 0 Å². The minimum absolute atomic E-state index is 0.0668. The van der Waals surface area contributed by atoms with Crippen LogP contribution in [0.15, 0.2) is 83.8 Å². The summed E-state index contributed by atoms with van der Waals surface area (Å²) in [4.78, 5) is 26.0. The van der Waals surface area contributed by atoms with Gasteiger partial charge in [-0.15, -0.1) is 11.8 Å². The van der Waals surface area contributed by atoms with Crippen LogP contribution in [0.3, 0.4) is 0 Å². The molecule has 0 aliphatic rings. The van der Waals surface area contributed by atoms with Crippen LogP contribution in [0, 0.1) is 0 Å². The van der Waals surface area contributed by atoms with Crippen molar-refractivity contribution in [1.82, 2.24) is 0 Å². The molecule has 35 heavy (non-hydrogen) atoms. The Kier molecular flexibility index (Phi) is 10.5. The SMILES string of the molecule is CCCCOc1ccc(NC(=O)C(CC)Sc2cccc(NC(=O)COc3ccccc3)c2)cc1. The van der Waals surface area contributed by atoms with E-state index in [1.165, 1.54) is 11.8 Å². The van der Waals surface area contributed by atoms with E-state index in [0.29, 0.717) is 24.5 Å². The molecule has 1 unspecified atom stereocenters. The highest BCUT2D eigenvalue weighted by Gasteiger charge is 2.18. The van der Waals surface area contributed by atoms with Crippen LogP contribution in [0.1, 0.15) is 33.1 Å². The van der Waals surface area contributed by atoms with Gasteiger partial charge in [0.25, 0.3) is 5.91 Å². The van der Waals surface area contributed by atoms with Gasteiger partial charge in [-0.2, -0.15) is 0 Å². The molecule has 0 heterocycles. The minimum atomic E-state index is -0.275. The highest BCUT2D eigenvalue weighted by Crippen LogP contribution is 2.29. The zero-order valence-corrected chi connectivity index (χ0v) is 21.0. The van der Waals surface area contributed by atoms with Crippen LogP contribution in [-0.2, 0) is 9.59 Å². The van der Waals surface area contributed by atoms with E-state index in [4.69, 9.17) is 9.47 Å². The Morgan fingerprint density at radius 2 is 1.57 bits per heavy atom. The number of rotatable bonds is 13. The maximum Gasteiger partial charge on any atom is 0.262 e. The van der Waals surface area contributed by atoms with E-state index in [9.17, 15) is 9.59 Å². The molecule has 0 radical (unpaired) electrons. The molecule has 0 saturated heterocycles. The van der Waals surface area contributed by atoms with Crippen LogP contribution >= 0.6 is 11.8 Å². The summed E-state index contributed by atoms with van der Waals surface area (Å²) in [7, 11) is 0. The Balaban J connectivity index is 1.51. The number of anilines is 2. The van der Waals surface area contributed by atoms with E-state index >= 15 is 0 Å². The average Bonchev–Trinajstić information content (AvgIpc) is 2.88. The Bertz CT molecular complexity index is 1070. The van der Waals surface area contributed by atoms with Gasteiger partial charge < -0.3 is 20.1 Å². The molecular weight excluding hydrogens is 460 g/mol. The maximum absolute atomic E-state index is 12.9. The zero-order valence-electron chi connectivity index (χ0n) is 20.2. The molecule has 0 spiro atoms. The predicted molar refractivity (Wildman–Crippen MR) is 142 cm³/mol. The molecule has 2 N–H and O–H groups in total. The lowest BCUT2D eigenvalue weighted by Crippen LogP contribution is -2.24. The van der Waals surface area contributed by atoms with Crippen LogP contribution in [-0.4, -0.2) is 30.3 Å². The summed E-state index contributed by atoms with van der Waals surface area (Å²) < 4.78 is 11.2. The summed E-state index contributed by atoms with van der Waals surface area (Å²) in [6, 6.07) is 24.1. The number of carbonyl (C=O) groups excluding carboxylic acids is 2. The summed E-state index contributed by atoms with van der Waals surface area (Å²) in [6.07, 6.45) is 2.76. The maximum atomic E-state index is 12.9. The molecule has 2 amide bonds. The lowest BCUT2D eigenvalue weighted by atomic mass is 10.2. The van der Waals surface area contributed by atoms with Crippen LogP contribution < -0.4 is 20.1 Å². The Morgan fingerprint density at radius 3 is 2.29 bits per heavy atom. The normalized spacial score (nSPS) is 11.4. The summed E-state index contributed by atoms with van der Waals surface area (Å²) in [5.41, 5.74) is 1.39. The van der Waals surface area contributed by atoms with Gasteiger partial charge in [0, 0.05) is 16.3 Å². The van der Waals surface area contributed by atoms with Gasteiger partial charge in [0.05, 0.1) is 11.9 Å². The summed E-state index contributed by atoms with van der Waals surface area (Å²) in [5, 5.41) is 5.56. The van der Waals surface area contributed by atoms with E-state index in [1.54, 1.807) is 12.1 Å². The third kappa shape index (κ3) is 9.02. The molecule has 0 bridgehead atoms. The first-order valence-electron chi connectivity index (χ1n) is 11.9. The first kappa shape index (κ1) is 26.2. The van der Waals surface area contributed by atoms with Crippen molar-refractivity contribution in [3.63, 3.8) is 0 Å². The molecule has 0 aliphatic carbocycles. The number of unbranched alkanes of at least 4 members (excludes halogenated alkanes) is 1. The highest BCUT2D eigenvalue weighted by atomic mass is 32.2. The number of ether oxygens (including phenoxy) is 2. The second kappa shape index (κ2) is 14.1. The molecule has 1 atom stereocenters.